The van der Waals surface area contributed by atoms with Gasteiger partial charge < -0.3 is 20.4 Å². The van der Waals surface area contributed by atoms with Gasteiger partial charge in [0, 0.05) is 25.2 Å². The first kappa shape index (κ1) is 15.5. The summed E-state index contributed by atoms with van der Waals surface area (Å²) < 4.78 is 0. The Balaban J connectivity index is 2.52. The van der Waals surface area contributed by atoms with E-state index in [0.717, 1.165) is 5.56 Å². The van der Waals surface area contributed by atoms with Crippen molar-refractivity contribution in [2.24, 2.45) is 0 Å². The number of amides is 2. The van der Waals surface area contributed by atoms with E-state index in [-0.39, 0.29) is 19.4 Å². The molecule has 0 aliphatic rings. The molecule has 0 aromatic carbocycles. The first-order valence-electron chi connectivity index (χ1n) is 5.84. The lowest BCUT2D eigenvalue weighted by atomic mass is 10.1. The summed E-state index contributed by atoms with van der Waals surface area (Å²) in [6, 6.07) is -1.82. The topological polar surface area (TPSA) is 136 Å². The molecule has 0 saturated heterocycles. The number of carbonyl (C=O) groups excluding carboxylic acids is 1. The van der Waals surface area contributed by atoms with E-state index in [2.05, 4.69) is 15.5 Å². The summed E-state index contributed by atoms with van der Waals surface area (Å²) in [6.45, 7) is 0.258. The number of nitrogens with one attached hydrogen (secondary N) is 2. The Morgan fingerprint density at radius 3 is 2.65 bits per heavy atom. The number of carbonyl (C=O) groups is 3. The summed E-state index contributed by atoms with van der Waals surface area (Å²) in [7, 11) is 1.50. The van der Waals surface area contributed by atoms with Crippen LogP contribution in [0.25, 0.3) is 0 Å². The van der Waals surface area contributed by atoms with E-state index in [1.165, 1.54) is 11.9 Å². The Hall–Kier alpha value is -2.58. The second kappa shape index (κ2) is 7.12. The number of H-pyrrole nitrogens is 1. The lowest BCUT2D eigenvalue weighted by Crippen LogP contribution is -2.46. The van der Waals surface area contributed by atoms with Gasteiger partial charge in [-0.1, -0.05) is 0 Å². The fourth-order valence-corrected chi connectivity index (χ4v) is 1.49. The standard InChI is InChI=1S/C11H16N4O5/c1-15(6-7-4-12-13-5-7)11(20)14-8(10(18)19)2-3-9(16)17/h4-5,8H,2-3,6H2,1H3,(H,12,13)(H,14,20)(H,16,17)(H,18,19). The molecule has 2 amide bonds. The second-order valence-electron chi connectivity index (χ2n) is 4.24. The van der Waals surface area contributed by atoms with Crippen LogP contribution < -0.4 is 5.32 Å². The number of aromatic amines is 1. The SMILES string of the molecule is CN(Cc1cn[nH]c1)C(=O)NC(CCC(=O)O)C(=O)O. The number of carboxylic acids is 2. The van der Waals surface area contributed by atoms with E-state index in [1.807, 2.05) is 0 Å². The zero-order valence-corrected chi connectivity index (χ0v) is 10.9. The number of hydrogen-bond donors (Lipinski definition) is 4. The van der Waals surface area contributed by atoms with Gasteiger partial charge in [-0.3, -0.25) is 9.89 Å². The van der Waals surface area contributed by atoms with Gasteiger partial charge in [0.2, 0.25) is 0 Å². The molecule has 1 atom stereocenters. The maximum absolute atomic E-state index is 11.8. The molecule has 0 saturated carbocycles. The van der Waals surface area contributed by atoms with Crippen LogP contribution in [0.2, 0.25) is 0 Å². The van der Waals surface area contributed by atoms with Crippen molar-refractivity contribution < 1.29 is 24.6 Å². The molecule has 0 bridgehead atoms. The predicted molar refractivity (Wildman–Crippen MR) is 66.9 cm³/mol. The fraction of sp³-hybridized carbons (Fsp3) is 0.455. The highest BCUT2D eigenvalue weighted by Crippen LogP contribution is 2.03. The highest BCUT2D eigenvalue weighted by molar-refractivity contribution is 5.82. The lowest BCUT2D eigenvalue weighted by molar-refractivity contribution is -0.140. The number of aliphatic carboxylic acids is 2. The van der Waals surface area contributed by atoms with Crippen LogP contribution in [0.1, 0.15) is 18.4 Å². The molecule has 1 aromatic rings. The van der Waals surface area contributed by atoms with Gasteiger partial charge in [-0.25, -0.2) is 9.59 Å². The largest absolute Gasteiger partial charge is 0.481 e. The number of carboxylic acid groups (broad SMARTS) is 2. The van der Waals surface area contributed by atoms with Crippen molar-refractivity contribution >= 4 is 18.0 Å². The minimum atomic E-state index is -1.27. The van der Waals surface area contributed by atoms with Crippen molar-refractivity contribution in [3.63, 3.8) is 0 Å². The average molecular weight is 284 g/mol. The summed E-state index contributed by atoms with van der Waals surface area (Å²) in [5.74, 6) is -2.38. The molecule has 1 heterocycles. The van der Waals surface area contributed by atoms with Crippen molar-refractivity contribution in [1.29, 1.82) is 0 Å². The van der Waals surface area contributed by atoms with E-state index in [0.29, 0.717) is 0 Å². The van der Waals surface area contributed by atoms with Crippen molar-refractivity contribution in [3.8, 4) is 0 Å². The number of hydrogen-bond acceptors (Lipinski definition) is 4. The molecule has 0 fully saturated rings. The van der Waals surface area contributed by atoms with Crippen LogP contribution in [0.4, 0.5) is 4.79 Å². The molecule has 9 heteroatoms. The first-order chi connectivity index (χ1) is 9.40. The molecule has 0 spiro atoms. The molecular weight excluding hydrogens is 268 g/mol. The van der Waals surface area contributed by atoms with Crippen LogP contribution in [-0.2, 0) is 16.1 Å². The zero-order valence-electron chi connectivity index (χ0n) is 10.9. The third-order valence-corrected chi connectivity index (χ3v) is 2.56. The Labute approximate surface area is 114 Å². The van der Waals surface area contributed by atoms with Crippen molar-refractivity contribution in [2.45, 2.75) is 25.4 Å². The summed E-state index contributed by atoms with van der Waals surface area (Å²) in [5, 5.41) is 26.1. The Morgan fingerprint density at radius 1 is 1.45 bits per heavy atom. The number of rotatable bonds is 7. The molecule has 0 aliphatic heterocycles. The molecule has 1 rings (SSSR count). The quantitative estimate of drug-likeness (QED) is 0.550. The highest BCUT2D eigenvalue weighted by atomic mass is 16.4. The molecule has 0 radical (unpaired) electrons. The number of nitrogens with zero attached hydrogens (tertiary/aromatic N) is 2. The van der Waals surface area contributed by atoms with Crippen LogP contribution in [0.5, 0.6) is 0 Å². The minimum absolute atomic E-state index is 0.171. The maximum Gasteiger partial charge on any atom is 0.326 e. The van der Waals surface area contributed by atoms with E-state index >= 15 is 0 Å². The first-order valence-corrected chi connectivity index (χ1v) is 5.84. The van der Waals surface area contributed by atoms with Gasteiger partial charge in [0.25, 0.3) is 0 Å². The van der Waals surface area contributed by atoms with Gasteiger partial charge in [-0.05, 0) is 6.42 Å². The Bertz CT molecular complexity index is 473. The summed E-state index contributed by atoms with van der Waals surface area (Å²) in [6.07, 6.45) is 2.66. The average Bonchev–Trinajstić information content (AvgIpc) is 2.86. The third kappa shape index (κ3) is 4.96. The van der Waals surface area contributed by atoms with E-state index < -0.39 is 24.0 Å². The Morgan fingerprint density at radius 2 is 2.15 bits per heavy atom. The molecule has 0 aliphatic carbocycles. The van der Waals surface area contributed by atoms with Gasteiger partial charge in [-0.2, -0.15) is 5.10 Å². The summed E-state index contributed by atoms with van der Waals surface area (Å²) in [4.78, 5) is 34.5. The van der Waals surface area contributed by atoms with Gasteiger partial charge >= 0.3 is 18.0 Å². The monoisotopic (exact) mass is 284 g/mol. The van der Waals surface area contributed by atoms with Crippen LogP contribution in [-0.4, -0.2) is 56.4 Å². The van der Waals surface area contributed by atoms with E-state index in [4.69, 9.17) is 10.2 Å². The van der Waals surface area contributed by atoms with Crippen molar-refractivity contribution in [1.82, 2.24) is 20.4 Å². The van der Waals surface area contributed by atoms with Crippen LogP contribution >= 0.6 is 0 Å². The maximum atomic E-state index is 11.8. The molecule has 9 nitrogen and oxygen atoms in total. The van der Waals surface area contributed by atoms with Crippen molar-refractivity contribution in [3.05, 3.63) is 18.0 Å². The van der Waals surface area contributed by atoms with Gasteiger partial charge in [0.05, 0.1) is 12.7 Å². The van der Waals surface area contributed by atoms with Crippen LogP contribution in [0, 0.1) is 0 Å². The lowest BCUT2D eigenvalue weighted by Gasteiger charge is -2.20. The predicted octanol–water partition coefficient (Wildman–Crippen LogP) is -0.131. The molecular formula is C11H16N4O5. The normalized spacial score (nSPS) is 11.7. The van der Waals surface area contributed by atoms with E-state index in [9.17, 15) is 14.4 Å². The molecule has 110 valence electrons. The molecule has 1 aromatic heterocycles. The zero-order chi connectivity index (χ0) is 15.1. The summed E-state index contributed by atoms with van der Waals surface area (Å²) >= 11 is 0. The second-order valence-corrected chi connectivity index (χ2v) is 4.24. The smallest absolute Gasteiger partial charge is 0.326 e. The van der Waals surface area contributed by atoms with Gasteiger partial charge in [-0.15, -0.1) is 0 Å². The van der Waals surface area contributed by atoms with Crippen molar-refractivity contribution in [2.75, 3.05) is 7.05 Å². The van der Waals surface area contributed by atoms with Crippen LogP contribution in [0.15, 0.2) is 12.4 Å². The third-order valence-electron chi connectivity index (χ3n) is 2.56. The molecule has 4 N–H and O–H groups in total. The highest BCUT2D eigenvalue weighted by Gasteiger charge is 2.22. The number of urea groups is 1. The summed E-state index contributed by atoms with van der Waals surface area (Å²) in [5.41, 5.74) is 0.764. The fourth-order valence-electron chi connectivity index (χ4n) is 1.49. The Kier molecular flexibility index (Phi) is 5.51. The van der Waals surface area contributed by atoms with Gasteiger partial charge in [0.15, 0.2) is 0 Å². The van der Waals surface area contributed by atoms with E-state index in [1.54, 1.807) is 12.4 Å². The minimum Gasteiger partial charge on any atom is -0.481 e. The molecule has 20 heavy (non-hydrogen) atoms. The molecule has 1 unspecified atom stereocenters. The van der Waals surface area contributed by atoms with Gasteiger partial charge in [0.1, 0.15) is 6.04 Å². The number of aromatic nitrogens is 2. The van der Waals surface area contributed by atoms with Crippen LogP contribution in [0.3, 0.4) is 0 Å².